The molecular formula is C24H45ClN4O6S. The van der Waals surface area contributed by atoms with Gasteiger partial charge in [0.25, 0.3) is 0 Å². The lowest BCUT2D eigenvalue weighted by Crippen LogP contribution is -2.59. The molecule has 0 bridgehead atoms. The molecule has 0 atom stereocenters. The first kappa shape index (κ1) is 31.1. The van der Waals surface area contributed by atoms with E-state index in [4.69, 9.17) is 9.47 Å². The number of ether oxygens (including phenoxy) is 2. The van der Waals surface area contributed by atoms with Gasteiger partial charge in [0, 0.05) is 25.7 Å². The van der Waals surface area contributed by atoms with Gasteiger partial charge in [-0.3, -0.25) is 4.79 Å². The predicted molar refractivity (Wildman–Crippen MR) is 141 cm³/mol. The number of nitrogens with zero attached hydrogens (tertiary/aromatic N) is 1. The van der Waals surface area contributed by atoms with E-state index in [1.807, 2.05) is 11.8 Å². The van der Waals surface area contributed by atoms with Crippen LogP contribution in [0.3, 0.4) is 0 Å². The maximum Gasteiger partial charge on any atom is 0.327 e. The summed E-state index contributed by atoms with van der Waals surface area (Å²) in [5, 5.41) is 6.46. The zero-order chi connectivity index (χ0) is 25.3. The fourth-order valence-corrected chi connectivity index (χ4v) is 6.95. The topological polar surface area (TPSA) is 126 Å². The quantitative estimate of drug-likeness (QED) is 0.354. The van der Waals surface area contributed by atoms with Gasteiger partial charge in [0.05, 0.1) is 19.0 Å². The number of piperidine rings is 2. The second kappa shape index (κ2) is 14.7. The summed E-state index contributed by atoms with van der Waals surface area (Å²) in [5.41, 5.74) is -1.26. The normalized spacial score (nSPS) is 26.2. The Hall–Kier alpha value is -1.14. The maximum atomic E-state index is 12.8. The van der Waals surface area contributed by atoms with Crippen LogP contribution in [-0.4, -0.2) is 88.7 Å². The molecule has 3 N–H and O–H groups in total. The van der Waals surface area contributed by atoms with E-state index in [0.717, 1.165) is 39.0 Å². The van der Waals surface area contributed by atoms with E-state index in [9.17, 15) is 18.0 Å². The monoisotopic (exact) mass is 552 g/mol. The van der Waals surface area contributed by atoms with Crippen molar-refractivity contribution in [3.8, 4) is 0 Å². The molecule has 3 aliphatic rings. The molecule has 3 rings (SSSR count). The lowest BCUT2D eigenvalue weighted by Gasteiger charge is -2.39. The van der Waals surface area contributed by atoms with Gasteiger partial charge in [0.2, 0.25) is 10.0 Å². The number of amides is 2. The number of hydrogen-bond acceptors (Lipinski definition) is 7. The standard InChI is InChI=1S/C24H44N4O6S.ClH/c1-3-4-17-35(31,32)27-24(22(29)33-2)11-5-20(6-12-24)26-23(30)28-15-9-21(10-16-28)34-18-19-7-13-25-14-8-19;/h19-21,25,27H,3-18H2,1-2H3,(H,26,30);1H/t20-,24+;. The second-order valence-corrected chi connectivity index (χ2v) is 12.1. The van der Waals surface area contributed by atoms with Crippen molar-refractivity contribution < 1.29 is 27.5 Å². The van der Waals surface area contributed by atoms with Gasteiger partial charge in [-0.1, -0.05) is 13.3 Å². The van der Waals surface area contributed by atoms with E-state index in [2.05, 4.69) is 15.4 Å². The highest BCUT2D eigenvalue weighted by Gasteiger charge is 2.46. The van der Waals surface area contributed by atoms with E-state index in [0.29, 0.717) is 51.1 Å². The lowest BCUT2D eigenvalue weighted by molar-refractivity contribution is -0.149. The Kier molecular flexibility index (Phi) is 12.7. The molecular weight excluding hydrogens is 508 g/mol. The van der Waals surface area contributed by atoms with Crippen LogP contribution in [0.25, 0.3) is 0 Å². The largest absolute Gasteiger partial charge is 0.468 e. The van der Waals surface area contributed by atoms with Gasteiger partial charge in [-0.2, -0.15) is 4.72 Å². The molecule has 2 saturated heterocycles. The molecule has 0 spiro atoms. The Bertz CT molecular complexity index is 792. The first-order valence-electron chi connectivity index (χ1n) is 13.2. The number of hydrogen-bond donors (Lipinski definition) is 3. The molecule has 10 nitrogen and oxygen atoms in total. The van der Waals surface area contributed by atoms with Crippen LogP contribution >= 0.6 is 12.4 Å². The molecule has 0 aromatic heterocycles. The van der Waals surface area contributed by atoms with Gasteiger partial charge in [-0.25, -0.2) is 13.2 Å². The average Bonchev–Trinajstić information content (AvgIpc) is 2.87. The molecule has 0 unspecified atom stereocenters. The minimum Gasteiger partial charge on any atom is -0.468 e. The fraction of sp³-hybridized carbons (Fsp3) is 0.917. The van der Waals surface area contributed by atoms with Crippen molar-refractivity contribution in [2.45, 2.75) is 88.8 Å². The third-order valence-electron chi connectivity index (χ3n) is 7.62. The number of nitrogens with one attached hydrogen (secondary N) is 3. The fourth-order valence-electron chi connectivity index (χ4n) is 5.29. The number of sulfonamides is 1. The van der Waals surface area contributed by atoms with Crippen LogP contribution < -0.4 is 15.4 Å². The van der Waals surface area contributed by atoms with Crippen molar-refractivity contribution in [3.05, 3.63) is 0 Å². The van der Waals surface area contributed by atoms with E-state index < -0.39 is 21.5 Å². The molecule has 0 aromatic rings. The van der Waals surface area contributed by atoms with Gasteiger partial charge < -0.3 is 25.0 Å². The summed E-state index contributed by atoms with van der Waals surface area (Å²) in [6.07, 6.45) is 7.12. The molecule has 0 radical (unpaired) electrons. The number of methoxy groups -OCH3 is 1. The Labute approximate surface area is 222 Å². The maximum absolute atomic E-state index is 12.8. The van der Waals surface area contributed by atoms with Gasteiger partial charge >= 0.3 is 12.0 Å². The molecule has 36 heavy (non-hydrogen) atoms. The predicted octanol–water partition coefficient (Wildman–Crippen LogP) is 2.17. The number of rotatable bonds is 10. The van der Waals surface area contributed by atoms with Crippen molar-refractivity contribution in [1.82, 2.24) is 20.3 Å². The number of carbonyl (C=O) groups is 2. The van der Waals surface area contributed by atoms with E-state index in [-0.39, 0.29) is 36.3 Å². The SMILES string of the molecule is CCCCS(=O)(=O)N[C@]1(C(=O)OC)CC[C@H](NC(=O)N2CCC(OCC3CCNCC3)CC2)CC1.Cl. The summed E-state index contributed by atoms with van der Waals surface area (Å²) in [6.45, 7) is 6.20. The summed E-state index contributed by atoms with van der Waals surface area (Å²) in [6, 6.07) is -0.199. The zero-order valence-electron chi connectivity index (χ0n) is 21.8. The van der Waals surface area contributed by atoms with E-state index in [1.165, 1.54) is 20.0 Å². The Morgan fingerprint density at radius 2 is 1.69 bits per heavy atom. The second-order valence-electron chi connectivity index (χ2n) is 10.3. The van der Waals surface area contributed by atoms with Gasteiger partial charge in [-0.15, -0.1) is 12.4 Å². The van der Waals surface area contributed by atoms with Crippen LogP contribution in [0, 0.1) is 5.92 Å². The molecule has 2 heterocycles. The van der Waals surface area contributed by atoms with Crippen molar-refractivity contribution in [2.24, 2.45) is 5.92 Å². The Morgan fingerprint density at radius 1 is 1.06 bits per heavy atom. The van der Waals surface area contributed by atoms with Crippen molar-refractivity contribution in [2.75, 3.05) is 45.6 Å². The molecule has 2 amide bonds. The number of likely N-dealkylation sites (tertiary alicyclic amines) is 1. The first-order valence-corrected chi connectivity index (χ1v) is 14.9. The molecule has 12 heteroatoms. The van der Waals surface area contributed by atoms with Crippen LogP contribution in [0.1, 0.15) is 71.1 Å². The Morgan fingerprint density at radius 3 is 2.28 bits per heavy atom. The number of carbonyl (C=O) groups excluding carboxylic acids is 2. The van der Waals surface area contributed by atoms with Gasteiger partial charge in [-0.05, 0) is 76.8 Å². The molecule has 0 aromatic carbocycles. The van der Waals surface area contributed by atoms with Crippen LogP contribution in [0.15, 0.2) is 0 Å². The van der Waals surface area contributed by atoms with Crippen LogP contribution in [0.2, 0.25) is 0 Å². The molecule has 1 saturated carbocycles. The van der Waals surface area contributed by atoms with Gasteiger partial charge in [0.1, 0.15) is 5.54 Å². The van der Waals surface area contributed by atoms with Gasteiger partial charge in [0.15, 0.2) is 0 Å². The van der Waals surface area contributed by atoms with Crippen molar-refractivity contribution in [3.63, 3.8) is 0 Å². The smallest absolute Gasteiger partial charge is 0.327 e. The van der Waals surface area contributed by atoms with E-state index in [1.54, 1.807) is 0 Å². The molecule has 3 fully saturated rings. The highest BCUT2D eigenvalue weighted by atomic mass is 35.5. The summed E-state index contributed by atoms with van der Waals surface area (Å²) in [7, 11) is -2.32. The third-order valence-corrected chi connectivity index (χ3v) is 9.14. The summed E-state index contributed by atoms with van der Waals surface area (Å²) in [4.78, 5) is 27.2. The van der Waals surface area contributed by atoms with Crippen LogP contribution in [0.4, 0.5) is 4.79 Å². The molecule has 2 aliphatic heterocycles. The summed E-state index contributed by atoms with van der Waals surface area (Å²) >= 11 is 0. The highest BCUT2D eigenvalue weighted by molar-refractivity contribution is 7.89. The number of unbranched alkanes of at least 4 members (excludes halogenated alkanes) is 1. The molecule has 210 valence electrons. The third kappa shape index (κ3) is 9.01. The van der Waals surface area contributed by atoms with Crippen molar-refractivity contribution >= 4 is 34.4 Å². The number of halogens is 1. The lowest BCUT2D eigenvalue weighted by atomic mass is 9.80. The number of esters is 1. The first-order chi connectivity index (χ1) is 16.8. The van der Waals surface area contributed by atoms with Crippen LogP contribution in [0.5, 0.6) is 0 Å². The Balaban J connectivity index is 0.00000456. The minimum absolute atomic E-state index is 0. The minimum atomic E-state index is -3.59. The molecule has 1 aliphatic carbocycles. The average molecular weight is 553 g/mol. The van der Waals surface area contributed by atoms with Crippen molar-refractivity contribution in [1.29, 1.82) is 0 Å². The number of urea groups is 1. The van der Waals surface area contributed by atoms with Crippen LogP contribution in [-0.2, 0) is 24.3 Å². The zero-order valence-corrected chi connectivity index (χ0v) is 23.4. The van der Waals surface area contributed by atoms with E-state index >= 15 is 0 Å². The summed E-state index contributed by atoms with van der Waals surface area (Å²) in [5.74, 6) is 0.0611. The summed E-state index contributed by atoms with van der Waals surface area (Å²) < 4.78 is 38.7. The highest BCUT2D eigenvalue weighted by Crippen LogP contribution is 2.31.